The number of amides is 1. The molecule has 2 saturated heterocycles. The Kier molecular flexibility index (Phi) is 7.44. The van der Waals surface area contributed by atoms with Gasteiger partial charge in [0.1, 0.15) is 11.5 Å². The fraction of sp³-hybridized carbons (Fsp3) is 0.594. The fourth-order valence-corrected chi connectivity index (χ4v) is 6.22. The topological polar surface area (TPSA) is 90.0 Å². The first-order valence-electron chi connectivity index (χ1n) is 15.4. The lowest BCUT2D eigenvalue weighted by atomic mass is 9.77. The van der Waals surface area contributed by atoms with Crippen LogP contribution in [0.2, 0.25) is 0 Å². The molecule has 7 nitrogen and oxygen atoms in total. The molecule has 2 atom stereocenters. The minimum atomic E-state index is -4.54. The van der Waals surface area contributed by atoms with E-state index in [1.54, 1.807) is 0 Å². The van der Waals surface area contributed by atoms with E-state index in [2.05, 4.69) is 40.0 Å². The van der Waals surface area contributed by atoms with E-state index in [0.717, 1.165) is 24.4 Å². The summed E-state index contributed by atoms with van der Waals surface area (Å²) in [5, 5.41) is 0. The Morgan fingerprint density at radius 3 is 2.26 bits per heavy atom. The number of aromatic nitrogens is 1. The summed E-state index contributed by atoms with van der Waals surface area (Å²) in [6.45, 7) is 11.0. The van der Waals surface area contributed by atoms with Crippen LogP contribution in [0.25, 0.3) is 0 Å². The minimum absolute atomic E-state index is 0.0608. The van der Waals surface area contributed by atoms with Crippen molar-refractivity contribution in [1.29, 1.82) is 0 Å². The quantitative estimate of drug-likeness (QED) is 0.262. The number of rotatable bonds is 6. The van der Waals surface area contributed by atoms with Crippen molar-refractivity contribution in [3.05, 3.63) is 52.8 Å². The van der Waals surface area contributed by atoms with Crippen molar-refractivity contribution in [3.63, 3.8) is 0 Å². The van der Waals surface area contributed by atoms with Crippen LogP contribution in [0.4, 0.5) is 18.9 Å². The van der Waals surface area contributed by atoms with Gasteiger partial charge in [0.2, 0.25) is 0 Å². The zero-order valence-corrected chi connectivity index (χ0v) is 25.5. The normalized spacial score (nSPS) is 25.7. The number of amidine groups is 1. The number of piperidine rings is 1. The maximum atomic E-state index is 13.3. The van der Waals surface area contributed by atoms with Crippen LogP contribution in [0, 0.1) is 5.92 Å². The number of alkyl halides is 3. The number of nitrogens with two attached hydrogens (primary N) is 1. The van der Waals surface area contributed by atoms with Crippen LogP contribution in [-0.4, -0.2) is 47.6 Å². The summed E-state index contributed by atoms with van der Waals surface area (Å²) < 4.78 is 52.5. The minimum Gasteiger partial charge on any atom is -0.399 e. The third kappa shape index (κ3) is 5.95. The van der Waals surface area contributed by atoms with Crippen LogP contribution in [0.15, 0.2) is 35.3 Å². The Balaban J connectivity index is 1.19. The summed E-state index contributed by atoms with van der Waals surface area (Å²) in [6.07, 6.45) is 0.488. The molecule has 2 N–H and O–H groups in total. The molecule has 3 heterocycles. The molecule has 1 aromatic heterocycles. The fourth-order valence-electron chi connectivity index (χ4n) is 6.22. The van der Waals surface area contributed by atoms with E-state index in [1.807, 2.05) is 27.7 Å². The highest BCUT2D eigenvalue weighted by Crippen LogP contribution is 2.46. The lowest BCUT2D eigenvalue weighted by molar-refractivity contribution is -0.141. The third-order valence-electron chi connectivity index (χ3n) is 9.82. The Morgan fingerprint density at radius 1 is 1.02 bits per heavy atom. The average molecular weight is 597 g/mol. The summed E-state index contributed by atoms with van der Waals surface area (Å²) in [6, 6.07) is 8.79. The van der Waals surface area contributed by atoms with Crippen molar-refractivity contribution in [2.45, 2.75) is 108 Å². The third-order valence-corrected chi connectivity index (χ3v) is 9.82. The van der Waals surface area contributed by atoms with Gasteiger partial charge in [-0.3, -0.25) is 4.79 Å². The van der Waals surface area contributed by atoms with Crippen molar-refractivity contribution < 1.29 is 27.3 Å². The molecule has 43 heavy (non-hydrogen) atoms. The Morgan fingerprint density at radius 2 is 1.67 bits per heavy atom. The van der Waals surface area contributed by atoms with E-state index in [1.165, 1.54) is 30.2 Å². The monoisotopic (exact) mass is 596 g/mol. The van der Waals surface area contributed by atoms with E-state index < -0.39 is 30.2 Å². The number of hydrogen-bond donors (Lipinski definition) is 1. The van der Waals surface area contributed by atoms with E-state index in [0.29, 0.717) is 30.9 Å². The molecular weight excluding hydrogens is 556 g/mol. The molecular formula is C32H40BF3N4O3. The molecule has 1 aromatic carbocycles. The standard InChI is InChI=1S/C32H40BF3N4O3/c1-18-16-21(29(41)39-28(37)24-12-13-26(32(34,35)36)38-27(24)20-8-9-20)14-15-40(18)25-17-22(10-11-23(25)19-6-7-19)33-42-30(2,3)31(4,5)43-33/h10-13,17-21H,6-9,14-16H2,1-5H3,(H2,37,39,41)/t18?,21-/m0/s1. The van der Waals surface area contributed by atoms with Gasteiger partial charge in [0.15, 0.2) is 0 Å². The first-order chi connectivity index (χ1) is 20.1. The maximum Gasteiger partial charge on any atom is 0.494 e. The number of hydrogen-bond acceptors (Lipinski definition) is 5. The van der Waals surface area contributed by atoms with E-state index in [-0.39, 0.29) is 35.3 Å². The number of nitrogens with zero attached hydrogens (tertiary/aromatic N) is 3. The lowest BCUT2D eigenvalue weighted by Crippen LogP contribution is -2.44. The second kappa shape index (κ2) is 10.6. The number of carbonyl (C=O) groups is 1. The van der Waals surface area contributed by atoms with Crippen LogP contribution in [-0.2, 0) is 20.3 Å². The molecule has 4 fully saturated rings. The lowest BCUT2D eigenvalue weighted by Gasteiger charge is -2.39. The smallest absolute Gasteiger partial charge is 0.399 e. The molecule has 4 aliphatic rings. The molecule has 0 bridgehead atoms. The van der Waals surface area contributed by atoms with Gasteiger partial charge in [-0.2, -0.15) is 18.2 Å². The van der Waals surface area contributed by atoms with Crippen LogP contribution in [0.3, 0.4) is 0 Å². The predicted octanol–water partition coefficient (Wildman–Crippen LogP) is 5.69. The molecule has 1 amide bonds. The first kappa shape index (κ1) is 30.1. The van der Waals surface area contributed by atoms with E-state index in [9.17, 15) is 18.0 Å². The number of carbonyl (C=O) groups excluding carboxylic acids is 1. The van der Waals surface area contributed by atoms with Gasteiger partial charge in [-0.1, -0.05) is 12.1 Å². The number of benzene rings is 1. The van der Waals surface area contributed by atoms with Crippen LogP contribution < -0.4 is 16.1 Å². The summed E-state index contributed by atoms with van der Waals surface area (Å²) in [4.78, 5) is 23.7. The Labute approximate surface area is 251 Å². The number of anilines is 1. The maximum absolute atomic E-state index is 13.3. The van der Waals surface area contributed by atoms with Crippen LogP contribution in [0.5, 0.6) is 0 Å². The van der Waals surface area contributed by atoms with Gasteiger partial charge in [0.05, 0.1) is 16.9 Å². The van der Waals surface area contributed by atoms with Crippen molar-refractivity contribution in [2.24, 2.45) is 16.6 Å². The van der Waals surface area contributed by atoms with Crippen molar-refractivity contribution in [2.75, 3.05) is 11.4 Å². The number of halogens is 3. The van der Waals surface area contributed by atoms with Gasteiger partial charge >= 0.3 is 13.3 Å². The molecule has 2 aliphatic carbocycles. The molecule has 6 rings (SSSR count). The molecule has 2 saturated carbocycles. The molecule has 2 aliphatic heterocycles. The van der Waals surface area contributed by atoms with E-state index >= 15 is 0 Å². The molecule has 0 spiro atoms. The Hall–Kier alpha value is -2.92. The first-order valence-corrected chi connectivity index (χ1v) is 15.4. The molecule has 2 aromatic rings. The molecule has 0 radical (unpaired) electrons. The van der Waals surface area contributed by atoms with Crippen LogP contribution in [0.1, 0.15) is 107 Å². The van der Waals surface area contributed by atoms with Crippen molar-refractivity contribution >= 4 is 30.0 Å². The largest absolute Gasteiger partial charge is 0.494 e. The number of aliphatic imine (C=N–C) groups is 1. The molecule has 1 unspecified atom stereocenters. The van der Waals surface area contributed by atoms with Gasteiger partial charge in [-0.15, -0.1) is 0 Å². The zero-order valence-electron chi connectivity index (χ0n) is 25.5. The highest BCUT2D eigenvalue weighted by atomic mass is 19.4. The number of pyridine rings is 1. The summed E-state index contributed by atoms with van der Waals surface area (Å²) in [5.41, 5.74) is 8.48. The van der Waals surface area contributed by atoms with Crippen molar-refractivity contribution in [3.8, 4) is 0 Å². The predicted molar refractivity (Wildman–Crippen MR) is 161 cm³/mol. The molecule has 11 heteroatoms. The zero-order chi connectivity index (χ0) is 30.9. The van der Waals surface area contributed by atoms with Gasteiger partial charge < -0.3 is 19.9 Å². The van der Waals surface area contributed by atoms with Crippen LogP contribution >= 0.6 is 0 Å². The average Bonchev–Trinajstić information content (AvgIpc) is 3.85. The summed E-state index contributed by atoms with van der Waals surface area (Å²) in [5.74, 6) is -0.269. The SMILES string of the molecule is CC1C[C@@H](C(=O)N=C(N)c2ccc(C(F)(F)F)nc2C2CC2)CCN1c1cc(B2OC(C)(C)C(C)(C)O2)ccc1C1CC1. The second-order valence-corrected chi connectivity index (χ2v) is 13.7. The highest BCUT2D eigenvalue weighted by molar-refractivity contribution is 6.62. The summed E-state index contributed by atoms with van der Waals surface area (Å²) in [7, 11) is -0.455. The van der Waals surface area contributed by atoms with Gasteiger partial charge in [-0.25, -0.2) is 4.98 Å². The van der Waals surface area contributed by atoms with Gasteiger partial charge in [0, 0.05) is 35.7 Å². The van der Waals surface area contributed by atoms with E-state index in [4.69, 9.17) is 15.0 Å². The van der Waals surface area contributed by atoms with Crippen molar-refractivity contribution in [1.82, 2.24) is 4.98 Å². The molecule has 230 valence electrons. The Bertz CT molecular complexity index is 1440. The van der Waals surface area contributed by atoms with Gasteiger partial charge in [0.25, 0.3) is 5.91 Å². The highest BCUT2D eigenvalue weighted by Gasteiger charge is 2.52. The second-order valence-electron chi connectivity index (χ2n) is 13.7. The summed E-state index contributed by atoms with van der Waals surface area (Å²) >= 11 is 0. The van der Waals surface area contributed by atoms with Gasteiger partial charge in [-0.05, 0) is 108 Å².